The van der Waals surface area contributed by atoms with E-state index in [2.05, 4.69) is 10.6 Å². The van der Waals surface area contributed by atoms with Crippen LogP contribution >= 0.6 is 0 Å². The van der Waals surface area contributed by atoms with Crippen LogP contribution in [0, 0.1) is 0 Å². The van der Waals surface area contributed by atoms with E-state index in [4.69, 9.17) is 9.47 Å². The molecule has 2 N–H and O–H groups in total. The van der Waals surface area contributed by atoms with Crippen molar-refractivity contribution < 1.29 is 19.1 Å². The summed E-state index contributed by atoms with van der Waals surface area (Å²) >= 11 is 0. The van der Waals surface area contributed by atoms with Gasteiger partial charge in [0.25, 0.3) is 0 Å². The molecule has 6 heteroatoms. The molecule has 2 amide bonds. The summed E-state index contributed by atoms with van der Waals surface area (Å²) in [5, 5.41) is 7.29. The van der Waals surface area contributed by atoms with E-state index >= 15 is 0 Å². The highest BCUT2D eigenvalue weighted by Gasteiger charge is 2.33. The molecule has 3 rings (SSSR count). The minimum Gasteiger partial charge on any atom is -0.496 e. The average Bonchev–Trinajstić information content (AvgIpc) is 2.60. The van der Waals surface area contributed by atoms with Crippen molar-refractivity contribution >= 4 is 22.8 Å². The summed E-state index contributed by atoms with van der Waals surface area (Å²) in [5.41, 5.74) is 1.71. The molecular formula is C19H20N2O4. The largest absolute Gasteiger partial charge is 0.496 e. The van der Waals surface area contributed by atoms with Crippen LogP contribution in [0.25, 0.3) is 10.8 Å². The lowest BCUT2D eigenvalue weighted by atomic mass is 9.91. The smallest absolute Gasteiger partial charge is 0.338 e. The van der Waals surface area contributed by atoms with Gasteiger partial charge in [-0.1, -0.05) is 30.3 Å². The first-order valence-corrected chi connectivity index (χ1v) is 8.07. The van der Waals surface area contributed by atoms with Crippen LogP contribution in [-0.2, 0) is 9.53 Å². The molecule has 130 valence electrons. The molecule has 2 aromatic rings. The Morgan fingerprint density at radius 3 is 2.56 bits per heavy atom. The third kappa shape index (κ3) is 3.03. The lowest BCUT2D eigenvalue weighted by Crippen LogP contribution is -2.45. The van der Waals surface area contributed by atoms with E-state index in [0.29, 0.717) is 11.3 Å². The molecule has 0 unspecified atom stereocenters. The Hall–Kier alpha value is -3.02. The van der Waals surface area contributed by atoms with Gasteiger partial charge < -0.3 is 20.1 Å². The van der Waals surface area contributed by atoms with Gasteiger partial charge in [0, 0.05) is 11.1 Å². The number of nitrogens with one attached hydrogen (secondary N) is 2. The number of carbonyl (C=O) groups excluding carboxylic acids is 2. The number of allylic oxidation sites excluding steroid dienone is 1. The molecule has 6 nitrogen and oxygen atoms in total. The summed E-state index contributed by atoms with van der Waals surface area (Å²) in [7, 11) is 1.61. The van der Waals surface area contributed by atoms with Crippen LogP contribution < -0.4 is 15.4 Å². The zero-order chi connectivity index (χ0) is 18.0. The zero-order valence-corrected chi connectivity index (χ0v) is 14.4. The molecule has 0 fully saturated rings. The number of benzene rings is 2. The minimum absolute atomic E-state index is 0.264. The van der Waals surface area contributed by atoms with Crippen LogP contribution in [0.4, 0.5) is 4.79 Å². The summed E-state index contributed by atoms with van der Waals surface area (Å²) in [6, 6.07) is 10.5. The van der Waals surface area contributed by atoms with E-state index in [-0.39, 0.29) is 12.6 Å². The van der Waals surface area contributed by atoms with Crippen LogP contribution in [0.15, 0.2) is 47.7 Å². The average molecular weight is 340 g/mol. The monoisotopic (exact) mass is 340 g/mol. The first-order chi connectivity index (χ1) is 12.1. The fourth-order valence-corrected chi connectivity index (χ4v) is 3.13. The van der Waals surface area contributed by atoms with Gasteiger partial charge in [0.05, 0.1) is 25.3 Å². The first kappa shape index (κ1) is 16.8. The van der Waals surface area contributed by atoms with E-state index in [9.17, 15) is 9.59 Å². The molecule has 0 radical (unpaired) electrons. The van der Waals surface area contributed by atoms with E-state index < -0.39 is 12.0 Å². The third-order valence-corrected chi connectivity index (χ3v) is 4.21. The Bertz CT molecular complexity index is 873. The highest BCUT2D eigenvalue weighted by molar-refractivity contribution is 5.98. The van der Waals surface area contributed by atoms with E-state index in [1.807, 2.05) is 36.4 Å². The molecule has 0 aromatic heterocycles. The van der Waals surface area contributed by atoms with Crippen LogP contribution in [0.3, 0.4) is 0 Å². The SMILES string of the molecule is CCOC(=O)C1=C(C)NC(=O)N[C@H]1c1ccc(OC)c2ccccc12. The molecule has 1 atom stereocenters. The fourth-order valence-electron chi connectivity index (χ4n) is 3.13. The van der Waals surface area contributed by atoms with Gasteiger partial charge in [-0.3, -0.25) is 0 Å². The maximum atomic E-state index is 12.5. The molecule has 0 saturated carbocycles. The normalized spacial score (nSPS) is 17.1. The number of rotatable bonds is 4. The van der Waals surface area contributed by atoms with E-state index in [1.165, 1.54) is 0 Å². The molecule has 25 heavy (non-hydrogen) atoms. The summed E-state index contributed by atoms with van der Waals surface area (Å²) < 4.78 is 10.6. The summed E-state index contributed by atoms with van der Waals surface area (Å²) in [4.78, 5) is 24.5. The Morgan fingerprint density at radius 2 is 1.88 bits per heavy atom. The second-order valence-corrected chi connectivity index (χ2v) is 5.69. The third-order valence-electron chi connectivity index (χ3n) is 4.21. The van der Waals surface area contributed by atoms with Crippen LogP contribution in [0.1, 0.15) is 25.5 Å². The van der Waals surface area contributed by atoms with Gasteiger partial charge in [0.1, 0.15) is 5.75 Å². The molecular weight excluding hydrogens is 320 g/mol. The number of amides is 2. The highest BCUT2D eigenvalue weighted by atomic mass is 16.5. The molecule has 2 aromatic carbocycles. The topological polar surface area (TPSA) is 76.7 Å². The lowest BCUT2D eigenvalue weighted by molar-refractivity contribution is -0.139. The van der Waals surface area contributed by atoms with Gasteiger partial charge in [0.15, 0.2) is 0 Å². The molecule has 0 bridgehead atoms. The van der Waals surface area contributed by atoms with Gasteiger partial charge >= 0.3 is 12.0 Å². The second kappa shape index (κ2) is 6.84. The molecule has 0 saturated heterocycles. The van der Waals surface area contributed by atoms with Crippen molar-refractivity contribution in [2.45, 2.75) is 19.9 Å². The van der Waals surface area contributed by atoms with Crippen molar-refractivity contribution in [3.63, 3.8) is 0 Å². The van der Waals surface area contributed by atoms with Crippen molar-refractivity contribution in [2.24, 2.45) is 0 Å². The minimum atomic E-state index is -0.594. The second-order valence-electron chi connectivity index (χ2n) is 5.69. The lowest BCUT2D eigenvalue weighted by Gasteiger charge is -2.29. The van der Waals surface area contributed by atoms with Gasteiger partial charge in [-0.25, -0.2) is 9.59 Å². The number of hydrogen-bond acceptors (Lipinski definition) is 4. The Labute approximate surface area is 145 Å². The van der Waals surface area contributed by atoms with Crippen molar-refractivity contribution in [3.05, 3.63) is 53.2 Å². The van der Waals surface area contributed by atoms with E-state index in [1.54, 1.807) is 21.0 Å². The predicted molar refractivity (Wildman–Crippen MR) is 94.2 cm³/mol. The van der Waals surface area contributed by atoms with Crippen LogP contribution in [0.5, 0.6) is 5.75 Å². The summed E-state index contributed by atoms with van der Waals surface area (Å²) in [6.07, 6.45) is 0. The summed E-state index contributed by atoms with van der Waals surface area (Å²) in [6.45, 7) is 3.71. The molecule has 0 spiro atoms. The predicted octanol–water partition coefficient (Wildman–Crippen LogP) is 3.04. The number of carbonyl (C=O) groups is 2. The van der Waals surface area contributed by atoms with Crippen LogP contribution in [0.2, 0.25) is 0 Å². The van der Waals surface area contributed by atoms with Gasteiger partial charge in [-0.2, -0.15) is 0 Å². The fraction of sp³-hybridized carbons (Fsp3) is 0.263. The number of hydrogen-bond donors (Lipinski definition) is 2. The van der Waals surface area contributed by atoms with Crippen molar-refractivity contribution in [3.8, 4) is 5.75 Å². The number of methoxy groups -OCH3 is 1. The van der Waals surface area contributed by atoms with E-state index in [0.717, 1.165) is 22.1 Å². The van der Waals surface area contributed by atoms with Gasteiger partial charge in [-0.15, -0.1) is 0 Å². The maximum Gasteiger partial charge on any atom is 0.338 e. The zero-order valence-electron chi connectivity index (χ0n) is 14.4. The number of fused-ring (bicyclic) bond motifs is 1. The Morgan fingerprint density at radius 1 is 1.16 bits per heavy atom. The highest BCUT2D eigenvalue weighted by Crippen LogP contribution is 2.36. The number of esters is 1. The summed E-state index contributed by atoms with van der Waals surface area (Å²) in [5.74, 6) is 0.287. The Kier molecular flexibility index (Phi) is 4.61. The van der Waals surface area contributed by atoms with Crippen molar-refractivity contribution in [2.75, 3.05) is 13.7 Å². The van der Waals surface area contributed by atoms with Crippen molar-refractivity contribution in [1.29, 1.82) is 0 Å². The first-order valence-electron chi connectivity index (χ1n) is 8.07. The Balaban J connectivity index is 2.19. The van der Waals surface area contributed by atoms with Crippen LogP contribution in [-0.4, -0.2) is 25.7 Å². The molecule has 1 aliphatic heterocycles. The van der Waals surface area contributed by atoms with Gasteiger partial charge in [0.2, 0.25) is 0 Å². The van der Waals surface area contributed by atoms with Gasteiger partial charge in [-0.05, 0) is 30.9 Å². The standard InChI is InChI=1S/C19H20N2O4/c1-4-25-18(22)16-11(2)20-19(23)21-17(16)14-9-10-15(24-3)13-8-6-5-7-12(13)14/h5-10,17H,4H2,1-3H3,(H2,20,21,23)/t17-/m0/s1. The molecule has 1 heterocycles. The number of urea groups is 1. The van der Waals surface area contributed by atoms with Crippen molar-refractivity contribution in [1.82, 2.24) is 10.6 Å². The quantitative estimate of drug-likeness (QED) is 0.839. The molecule has 0 aliphatic carbocycles. The molecule has 1 aliphatic rings. The number of ether oxygens (including phenoxy) is 2. The maximum absolute atomic E-state index is 12.5.